The first-order valence-corrected chi connectivity index (χ1v) is 9.79. The molecule has 2 aliphatic rings. The molecule has 2 aliphatic heterocycles. The van der Waals surface area contributed by atoms with E-state index in [0.717, 1.165) is 64.3 Å². The zero-order valence-corrected chi connectivity index (χ0v) is 15.6. The smallest absolute Gasteiger partial charge is 0.224 e. The largest absolute Gasteiger partial charge is 0.379 e. The first-order chi connectivity index (χ1) is 12.3. The van der Waals surface area contributed by atoms with Crippen LogP contribution in [-0.2, 0) is 14.3 Å². The van der Waals surface area contributed by atoms with Crippen molar-refractivity contribution < 1.29 is 14.3 Å². The summed E-state index contributed by atoms with van der Waals surface area (Å²) in [6.07, 6.45) is 6.23. The van der Waals surface area contributed by atoms with E-state index in [1.165, 1.54) is 0 Å². The number of hydrogen-bond acceptors (Lipinski definition) is 4. The van der Waals surface area contributed by atoms with Gasteiger partial charge in [-0.2, -0.15) is 0 Å². The summed E-state index contributed by atoms with van der Waals surface area (Å²) in [4.78, 5) is 18.5. The van der Waals surface area contributed by atoms with Crippen molar-refractivity contribution in [2.24, 2.45) is 4.99 Å². The van der Waals surface area contributed by atoms with Gasteiger partial charge in [-0.3, -0.25) is 9.79 Å². The molecule has 0 radical (unpaired) electrons. The lowest BCUT2D eigenvalue weighted by molar-refractivity contribution is -0.129. The van der Waals surface area contributed by atoms with Crippen LogP contribution in [0, 0.1) is 0 Å². The molecule has 2 rings (SSSR count). The number of carbonyl (C=O) groups is 1. The molecule has 0 aromatic heterocycles. The summed E-state index contributed by atoms with van der Waals surface area (Å²) in [5.74, 6) is 1.01. The molecule has 0 bridgehead atoms. The molecule has 2 N–H and O–H groups in total. The maximum Gasteiger partial charge on any atom is 0.224 e. The molecule has 0 spiro atoms. The number of amides is 1. The fourth-order valence-electron chi connectivity index (χ4n) is 3.10. The van der Waals surface area contributed by atoms with E-state index in [1.54, 1.807) is 0 Å². The van der Waals surface area contributed by atoms with Crippen LogP contribution in [0.5, 0.6) is 0 Å². The van der Waals surface area contributed by atoms with Gasteiger partial charge in [0.1, 0.15) is 0 Å². The van der Waals surface area contributed by atoms with Gasteiger partial charge < -0.3 is 25.0 Å². The van der Waals surface area contributed by atoms with Crippen LogP contribution < -0.4 is 10.6 Å². The SMILES string of the molecule is CCNC(=NCCCOCC1CCCO1)NCCC(=O)N1CCCC1. The van der Waals surface area contributed by atoms with Crippen molar-refractivity contribution in [3.05, 3.63) is 0 Å². The summed E-state index contributed by atoms with van der Waals surface area (Å²) >= 11 is 0. The number of guanidine groups is 1. The highest BCUT2D eigenvalue weighted by atomic mass is 16.5. The van der Waals surface area contributed by atoms with Crippen LogP contribution in [0.4, 0.5) is 0 Å². The minimum Gasteiger partial charge on any atom is -0.379 e. The van der Waals surface area contributed by atoms with Crippen LogP contribution in [-0.4, -0.2) is 75.4 Å². The van der Waals surface area contributed by atoms with Crippen LogP contribution in [0.25, 0.3) is 0 Å². The maximum absolute atomic E-state index is 12.0. The number of ether oxygens (including phenoxy) is 2. The Bertz CT molecular complexity index is 405. The predicted octanol–water partition coefficient (Wildman–Crippen LogP) is 1.14. The average Bonchev–Trinajstić information content (AvgIpc) is 3.31. The monoisotopic (exact) mass is 354 g/mol. The molecule has 2 fully saturated rings. The molecule has 2 saturated heterocycles. The van der Waals surface area contributed by atoms with Gasteiger partial charge in [0.25, 0.3) is 0 Å². The fraction of sp³-hybridized carbons (Fsp3) is 0.889. The van der Waals surface area contributed by atoms with Gasteiger partial charge in [0.15, 0.2) is 5.96 Å². The Morgan fingerprint density at radius 1 is 1.28 bits per heavy atom. The Kier molecular flexibility index (Phi) is 9.66. The molecular weight excluding hydrogens is 320 g/mol. The van der Waals surface area contributed by atoms with Crippen LogP contribution in [0.15, 0.2) is 4.99 Å². The molecular formula is C18H34N4O3. The summed E-state index contributed by atoms with van der Waals surface area (Å²) < 4.78 is 11.2. The highest BCUT2D eigenvalue weighted by Crippen LogP contribution is 2.11. The molecule has 0 saturated carbocycles. The van der Waals surface area contributed by atoms with Gasteiger partial charge in [0.05, 0.1) is 12.7 Å². The molecule has 7 nitrogen and oxygen atoms in total. The van der Waals surface area contributed by atoms with Gasteiger partial charge >= 0.3 is 0 Å². The lowest BCUT2D eigenvalue weighted by Crippen LogP contribution is -2.39. The number of carbonyl (C=O) groups excluding carboxylic acids is 1. The minimum atomic E-state index is 0.239. The fourth-order valence-corrected chi connectivity index (χ4v) is 3.10. The summed E-state index contributed by atoms with van der Waals surface area (Å²) in [6.45, 7) is 8.28. The van der Waals surface area contributed by atoms with Gasteiger partial charge in [0.2, 0.25) is 5.91 Å². The van der Waals surface area contributed by atoms with E-state index in [1.807, 2.05) is 11.8 Å². The Labute approximate surface area is 151 Å². The zero-order chi connectivity index (χ0) is 17.7. The van der Waals surface area contributed by atoms with E-state index < -0.39 is 0 Å². The van der Waals surface area contributed by atoms with Crippen molar-refractivity contribution in [1.29, 1.82) is 0 Å². The Morgan fingerprint density at radius 2 is 2.12 bits per heavy atom. The normalized spacial score (nSPS) is 20.9. The van der Waals surface area contributed by atoms with Crippen molar-refractivity contribution >= 4 is 11.9 Å². The Morgan fingerprint density at radius 3 is 2.84 bits per heavy atom. The van der Waals surface area contributed by atoms with Gasteiger partial charge in [0, 0.05) is 52.4 Å². The second kappa shape index (κ2) is 12.1. The number of nitrogens with one attached hydrogen (secondary N) is 2. The number of nitrogens with zero attached hydrogens (tertiary/aromatic N) is 2. The van der Waals surface area contributed by atoms with Crippen molar-refractivity contribution in [1.82, 2.24) is 15.5 Å². The second-order valence-corrected chi connectivity index (χ2v) is 6.59. The van der Waals surface area contributed by atoms with Gasteiger partial charge in [-0.05, 0) is 39.0 Å². The first-order valence-electron chi connectivity index (χ1n) is 9.79. The quantitative estimate of drug-likeness (QED) is 0.350. The van der Waals surface area contributed by atoms with Gasteiger partial charge in [-0.25, -0.2) is 0 Å². The Hall–Kier alpha value is -1.34. The molecule has 1 atom stereocenters. The van der Waals surface area contributed by atoms with E-state index in [9.17, 15) is 4.79 Å². The highest BCUT2D eigenvalue weighted by Gasteiger charge is 2.17. The molecule has 25 heavy (non-hydrogen) atoms. The average molecular weight is 354 g/mol. The summed E-state index contributed by atoms with van der Waals surface area (Å²) in [7, 11) is 0. The number of likely N-dealkylation sites (tertiary alicyclic amines) is 1. The second-order valence-electron chi connectivity index (χ2n) is 6.59. The molecule has 2 heterocycles. The Balaban J connectivity index is 1.54. The molecule has 0 aliphatic carbocycles. The van der Waals surface area contributed by atoms with E-state index >= 15 is 0 Å². The van der Waals surface area contributed by atoms with E-state index in [0.29, 0.717) is 32.7 Å². The van der Waals surface area contributed by atoms with E-state index in [4.69, 9.17) is 9.47 Å². The van der Waals surface area contributed by atoms with E-state index in [-0.39, 0.29) is 12.0 Å². The lowest BCUT2D eigenvalue weighted by Gasteiger charge is -2.16. The van der Waals surface area contributed by atoms with Crippen molar-refractivity contribution in [2.45, 2.75) is 51.6 Å². The van der Waals surface area contributed by atoms with Crippen LogP contribution in [0.1, 0.15) is 45.4 Å². The van der Waals surface area contributed by atoms with Crippen LogP contribution in [0.3, 0.4) is 0 Å². The predicted molar refractivity (Wildman–Crippen MR) is 98.8 cm³/mol. The van der Waals surface area contributed by atoms with Gasteiger partial charge in [-0.1, -0.05) is 0 Å². The summed E-state index contributed by atoms with van der Waals surface area (Å²) in [5, 5.41) is 6.46. The molecule has 144 valence electrons. The van der Waals surface area contributed by atoms with Crippen molar-refractivity contribution in [2.75, 3.05) is 52.5 Å². The molecule has 1 unspecified atom stereocenters. The lowest BCUT2D eigenvalue weighted by atomic mass is 10.2. The zero-order valence-electron chi connectivity index (χ0n) is 15.6. The van der Waals surface area contributed by atoms with Gasteiger partial charge in [-0.15, -0.1) is 0 Å². The minimum absolute atomic E-state index is 0.239. The summed E-state index contributed by atoms with van der Waals surface area (Å²) in [6, 6.07) is 0. The third-order valence-electron chi connectivity index (χ3n) is 4.48. The number of rotatable bonds is 10. The number of hydrogen-bond donors (Lipinski definition) is 2. The molecule has 7 heteroatoms. The van der Waals surface area contributed by atoms with Crippen LogP contribution >= 0.6 is 0 Å². The standard InChI is InChI=1S/C18H34N4O3/c1-2-19-18(21-10-8-17(23)22-11-3-4-12-22)20-9-6-13-24-15-16-7-5-14-25-16/h16H,2-15H2,1H3,(H2,19,20,21). The van der Waals surface area contributed by atoms with E-state index in [2.05, 4.69) is 15.6 Å². The molecule has 0 aromatic carbocycles. The highest BCUT2D eigenvalue weighted by molar-refractivity contribution is 5.81. The summed E-state index contributed by atoms with van der Waals surface area (Å²) in [5.41, 5.74) is 0. The topological polar surface area (TPSA) is 75.2 Å². The van der Waals surface area contributed by atoms with Crippen molar-refractivity contribution in [3.63, 3.8) is 0 Å². The van der Waals surface area contributed by atoms with Crippen LogP contribution in [0.2, 0.25) is 0 Å². The maximum atomic E-state index is 12.0. The third kappa shape index (κ3) is 8.05. The molecule has 1 amide bonds. The third-order valence-corrected chi connectivity index (χ3v) is 4.48. The number of aliphatic imine (C=N–C) groups is 1. The first kappa shape index (κ1) is 20.0. The molecule has 0 aromatic rings. The van der Waals surface area contributed by atoms with Crippen molar-refractivity contribution in [3.8, 4) is 0 Å².